The highest BCUT2D eigenvalue weighted by molar-refractivity contribution is 5.86. The number of carboxylic acids is 1. The van der Waals surface area contributed by atoms with E-state index in [2.05, 4.69) is 6.92 Å². The van der Waals surface area contributed by atoms with Gasteiger partial charge in [0, 0.05) is 6.04 Å². The minimum atomic E-state index is -0.842. The molecule has 20 heavy (non-hydrogen) atoms. The molecule has 114 valence electrons. The Kier molecular flexibility index (Phi) is 5.02. The monoisotopic (exact) mass is 282 g/mol. The van der Waals surface area contributed by atoms with Gasteiger partial charge in [-0.25, -0.2) is 4.79 Å². The molecule has 3 atom stereocenters. The molecule has 1 saturated heterocycles. The molecule has 2 fully saturated rings. The molecule has 1 amide bonds. The van der Waals surface area contributed by atoms with E-state index in [0.717, 1.165) is 32.2 Å². The molecular weight excluding hydrogens is 256 g/mol. The van der Waals surface area contributed by atoms with Crippen molar-refractivity contribution in [1.29, 1.82) is 0 Å². The first-order chi connectivity index (χ1) is 9.54. The maximum atomic E-state index is 12.5. The van der Waals surface area contributed by atoms with Crippen LogP contribution >= 0.6 is 0 Å². The van der Waals surface area contributed by atoms with Crippen molar-refractivity contribution in [3.63, 3.8) is 0 Å². The van der Waals surface area contributed by atoms with E-state index in [-0.39, 0.29) is 11.9 Å². The smallest absolute Gasteiger partial charge is 0.326 e. The first-order valence-electron chi connectivity index (χ1n) is 7.77. The lowest BCUT2D eigenvalue weighted by Crippen LogP contribution is -2.49. The number of aliphatic carboxylic acids is 1. The van der Waals surface area contributed by atoms with Crippen LogP contribution in [0.15, 0.2) is 0 Å². The van der Waals surface area contributed by atoms with E-state index < -0.39 is 12.0 Å². The molecule has 0 spiro atoms. The standard InChI is InChI=1S/C15H26N2O3/c1-3-8-16(2)10-14(18)17-12-7-5-4-6-11(12)9-13(17)15(19)20/h11-13H,3-10H2,1-2H3,(H,19,20). The molecule has 5 heteroatoms. The van der Waals surface area contributed by atoms with E-state index in [0.29, 0.717) is 18.9 Å². The van der Waals surface area contributed by atoms with Crippen molar-refractivity contribution in [3.8, 4) is 0 Å². The fraction of sp³-hybridized carbons (Fsp3) is 0.867. The minimum absolute atomic E-state index is 0.0113. The average Bonchev–Trinajstić information content (AvgIpc) is 2.78. The number of likely N-dealkylation sites (tertiary alicyclic amines) is 1. The van der Waals surface area contributed by atoms with Crippen molar-refractivity contribution in [1.82, 2.24) is 9.80 Å². The molecule has 0 radical (unpaired) electrons. The fourth-order valence-corrected chi connectivity index (χ4v) is 3.81. The Morgan fingerprint density at radius 3 is 2.65 bits per heavy atom. The zero-order chi connectivity index (χ0) is 14.7. The van der Waals surface area contributed by atoms with Gasteiger partial charge >= 0.3 is 5.97 Å². The Labute approximate surface area is 120 Å². The van der Waals surface area contributed by atoms with Gasteiger partial charge in [-0.15, -0.1) is 0 Å². The summed E-state index contributed by atoms with van der Waals surface area (Å²) in [6.45, 7) is 3.28. The van der Waals surface area contributed by atoms with Gasteiger partial charge in [0.15, 0.2) is 0 Å². The van der Waals surface area contributed by atoms with Crippen molar-refractivity contribution >= 4 is 11.9 Å². The molecule has 3 unspecified atom stereocenters. The average molecular weight is 282 g/mol. The van der Waals surface area contributed by atoms with Crippen molar-refractivity contribution < 1.29 is 14.7 Å². The number of amides is 1. The Morgan fingerprint density at radius 2 is 2.00 bits per heavy atom. The number of carbonyl (C=O) groups excluding carboxylic acids is 1. The summed E-state index contributed by atoms with van der Waals surface area (Å²) in [5, 5.41) is 9.41. The van der Waals surface area contributed by atoms with Gasteiger partial charge in [0.05, 0.1) is 6.54 Å². The first kappa shape index (κ1) is 15.3. The molecule has 0 aromatic carbocycles. The predicted molar refractivity (Wildman–Crippen MR) is 76.4 cm³/mol. The highest BCUT2D eigenvalue weighted by Crippen LogP contribution is 2.39. The molecule has 1 heterocycles. The molecule has 0 aromatic heterocycles. The summed E-state index contributed by atoms with van der Waals surface area (Å²) in [6, 6.07) is -0.446. The molecular formula is C15H26N2O3. The van der Waals surface area contributed by atoms with Crippen LogP contribution in [0.2, 0.25) is 0 Å². The van der Waals surface area contributed by atoms with E-state index in [1.165, 1.54) is 6.42 Å². The lowest BCUT2D eigenvalue weighted by atomic mass is 9.85. The Bertz CT molecular complexity index is 372. The summed E-state index contributed by atoms with van der Waals surface area (Å²) >= 11 is 0. The van der Waals surface area contributed by atoms with Crippen LogP contribution in [-0.2, 0) is 9.59 Å². The van der Waals surface area contributed by atoms with Crippen LogP contribution in [-0.4, -0.2) is 59.0 Å². The minimum Gasteiger partial charge on any atom is -0.480 e. The highest BCUT2D eigenvalue weighted by atomic mass is 16.4. The number of carbonyl (C=O) groups is 2. The molecule has 0 aromatic rings. The van der Waals surface area contributed by atoms with Crippen LogP contribution in [0.1, 0.15) is 45.4 Å². The normalized spacial score (nSPS) is 29.6. The van der Waals surface area contributed by atoms with E-state index in [1.807, 2.05) is 11.9 Å². The van der Waals surface area contributed by atoms with Gasteiger partial charge in [-0.05, 0) is 45.2 Å². The third-order valence-electron chi connectivity index (χ3n) is 4.67. The molecule has 1 N–H and O–H groups in total. The van der Waals surface area contributed by atoms with Crippen LogP contribution < -0.4 is 0 Å². The van der Waals surface area contributed by atoms with Crippen LogP contribution in [0.4, 0.5) is 0 Å². The molecule has 5 nitrogen and oxygen atoms in total. The Balaban J connectivity index is 2.08. The van der Waals surface area contributed by atoms with E-state index in [1.54, 1.807) is 4.90 Å². The van der Waals surface area contributed by atoms with Gasteiger partial charge in [0.25, 0.3) is 0 Å². The lowest BCUT2D eigenvalue weighted by Gasteiger charge is -2.34. The molecule has 1 saturated carbocycles. The van der Waals surface area contributed by atoms with Crippen LogP contribution in [0.5, 0.6) is 0 Å². The summed E-state index contributed by atoms with van der Waals surface area (Å²) in [7, 11) is 1.92. The number of nitrogens with zero attached hydrogens (tertiary/aromatic N) is 2. The topological polar surface area (TPSA) is 60.9 Å². The number of likely N-dealkylation sites (N-methyl/N-ethyl adjacent to an activating group) is 1. The van der Waals surface area contributed by atoms with Crippen molar-refractivity contribution in [3.05, 3.63) is 0 Å². The number of hydrogen-bond acceptors (Lipinski definition) is 3. The first-order valence-corrected chi connectivity index (χ1v) is 7.77. The second-order valence-electron chi connectivity index (χ2n) is 6.24. The highest BCUT2D eigenvalue weighted by Gasteiger charge is 2.47. The number of rotatable bonds is 5. The molecule has 2 aliphatic rings. The molecule has 0 bridgehead atoms. The van der Waals surface area contributed by atoms with Crippen molar-refractivity contribution in [2.45, 2.75) is 57.5 Å². The molecule has 1 aliphatic heterocycles. The van der Waals surface area contributed by atoms with Crippen LogP contribution in [0.3, 0.4) is 0 Å². The predicted octanol–water partition coefficient (Wildman–Crippen LogP) is 1.57. The van der Waals surface area contributed by atoms with Crippen LogP contribution in [0.25, 0.3) is 0 Å². The fourth-order valence-electron chi connectivity index (χ4n) is 3.81. The number of fused-ring (bicyclic) bond motifs is 1. The quantitative estimate of drug-likeness (QED) is 0.831. The van der Waals surface area contributed by atoms with Gasteiger partial charge in [0.1, 0.15) is 6.04 Å². The maximum absolute atomic E-state index is 12.5. The third kappa shape index (κ3) is 3.14. The molecule has 1 aliphatic carbocycles. The van der Waals surface area contributed by atoms with Gasteiger partial charge in [0.2, 0.25) is 5.91 Å². The van der Waals surface area contributed by atoms with Gasteiger partial charge in [-0.1, -0.05) is 19.8 Å². The van der Waals surface area contributed by atoms with Gasteiger partial charge in [-0.2, -0.15) is 0 Å². The van der Waals surface area contributed by atoms with Crippen molar-refractivity contribution in [2.75, 3.05) is 20.1 Å². The lowest BCUT2D eigenvalue weighted by molar-refractivity contribution is -0.150. The Hall–Kier alpha value is -1.10. The summed E-state index contributed by atoms with van der Waals surface area (Å²) in [5.74, 6) is -0.459. The Morgan fingerprint density at radius 1 is 1.30 bits per heavy atom. The van der Waals surface area contributed by atoms with Gasteiger partial charge in [-0.3, -0.25) is 9.69 Å². The summed E-state index contributed by atoms with van der Waals surface area (Å²) < 4.78 is 0. The van der Waals surface area contributed by atoms with Crippen molar-refractivity contribution in [2.24, 2.45) is 5.92 Å². The van der Waals surface area contributed by atoms with E-state index >= 15 is 0 Å². The van der Waals surface area contributed by atoms with E-state index in [4.69, 9.17) is 0 Å². The van der Waals surface area contributed by atoms with Gasteiger partial charge < -0.3 is 10.0 Å². The molecule has 2 rings (SSSR count). The SMILES string of the molecule is CCCN(C)CC(=O)N1C(C(=O)O)CC2CCCCC21. The largest absolute Gasteiger partial charge is 0.480 e. The second kappa shape index (κ2) is 6.57. The third-order valence-corrected chi connectivity index (χ3v) is 4.67. The maximum Gasteiger partial charge on any atom is 0.326 e. The zero-order valence-corrected chi connectivity index (χ0v) is 12.5. The summed E-state index contributed by atoms with van der Waals surface area (Å²) in [4.78, 5) is 27.7. The van der Waals surface area contributed by atoms with E-state index in [9.17, 15) is 14.7 Å². The second-order valence-corrected chi connectivity index (χ2v) is 6.24. The number of hydrogen-bond donors (Lipinski definition) is 1. The van der Waals surface area contributed by atoms with Crippen LogP contribution in [0, 0.1) is 5.92 Å². The zero-order valence-electron chi connectivity index (χ0n) is 12.5. The number of carboxylic acid groups (broad SMARTS) is 1. The summed E-state index contributed by atoms with van der Waals surface area (Å²) in [6.07, 6.45) is 5.97. The summed E-state index contributed by atoms with van der Waals surface area (Å²) in [5.41, 5.74) is 0.